The zero-order chi connectivity index (χ0) is 20.2. The molecule has 0 spiro atoms. The summed E-state index contributed by atoms with van der Waals surface area (Å²) in [6, 6.07) is -0.545. The molecule has 4 heteroatoms. The molecule has 1 N–H and O–H groups in total. The molecule has 27 heavy (non-hydrogen) atoms. The molecule has 0 saturated carbocycles. The molecule has 1 unspecified atom stereocenters. The molecule has 0 bridgehead atoms. The SMILES string of the molecule is CCCCCCCCCCCCOC(=O)C(C)NC(=O)CCCCCCC. The van der Waals surface area contributed by atoms with Gasteiger partial charge in [-0.05, 0) is 19.8 Å². The molecule has 0 aliphatic heterocycles. The van der Waals surface area contributed by atoms with Gasteiger partial charge in [0.1, 0.15) is 6.04 Å². The standard InChI is InChI=1S/C23H45NO3/c1-4-6-8-10-11-12-13-14-16-18-20-27-23(26)21(3)24-22(25)19-17-15-9-7-5-2/h21H,4-20H2,1-3H3,(H,24,25). The van der Waals surface area contributed by atoms with Crippen molar-refractivity contribution in [3.05, 3.63) is 0 Å². The van der Waals surface area contributed by atoms with Crippen molar-refractivity contribution >= 4 is 11.9 Å². The van der Waals surface area contributed by atoms with Gasteiger partial charge in [-0.15, -0.1) is 0 Å². The molecule has 1 amide bonds. The van der Waals surface area contributed by atoms with Gasteiger partial charge in [0, 0.05) is 6.42 Å². The molecule has 0 aromatic carbocycles. The summed E-state index contributed by atoms with van der Waals surface area (Å²) in [5, 5.41) is 2.75. The van der Waals surface area contributed by atoms with Crippen LogP contribution in [-0.4, -0.2) is 24.5 Å². The molecule has 0 aromatic rings. The average molecular weight is 384 g/mol. The van der Waals surface area contributed by atoms with E-state index in [2.05, 4.69) is 19.2 Å². The minimum Gasteiger partial charge on any atom is -0.464 e. The highest BCUT2D eigenvalue weighted by Crippen LogP contribution is 2.10. The number of amides is 1. The van der Waals surface area contributed by atoms with Gasteiger partial charge in [0.25, 0.3) is 0 Å². The first-order valence-electron chi connectivity index (χ1n) is 11.6. The zero-order valence-corrected chi connectivity index (χ0v) is 18.3. The summed E-state index contributed by atoms with van der Waals surface area (Å²) >= 11 is 0. The van der Waals surface area contributed by atoms with E-state index in [1.54, 1.807) is 6.92 Å². The molecule has 0 aliphatic carbocycles. The first-order valence-corrected chi connectivity index (χ1v) is 11.6. The van der Waals surface area contributed by atoms with Crippen LogP contribution in [0.3, 0.4) is 0 Å². The Bertz CT molecular complexity index is 358. The first-order chi connectivity index (χ1) is 13.1. The Kier molecular flexibility index (Phi) is 18.9. The summed E-state index contributed by atoms with van der Waals surface area (Å²) in [7, 11) is 0. The number of nitrogens with one attached hydrogen (secondary N) is 1. The van der Waals surface area contributed by atoms with E-state index in [1.165, 1.54) is 70.6 Å². The fourth-order valence-electron chi connectivity index (χ4n) is 3.15. The van der Waals surface area contributed by atoms with Gasteiger partial charge in [0.15, 0.2) is 0 Å². The molecule has 160 valence electrons. The van der Waals surface area contributed by atoms with E-state index < -0.39 is 6.04 Å². The molecule has 1 atom stereocenters. The molecule has 0 aliphatic rings. The average Bonchev–Trinajstić information content (AvgIpc) is 2.65. The number of carbonyl (C=O) groups excluding carboxylic acids is 2. The van der Waals surface area contributed by atoms with Crippen LogP contribution >= 0.6 is 0 Å². The molecular formula is C23H45NO3. The monoisotopic (exact) mass is 383 g/mol. The van der Waals surface area contributed by atoms with Crippen LogP contribution < -0.4 is 5.32 Å². The predicted octanol–water partition coefficient (Wildman–Crippen LogP) is 6.32. The van der Waals surface area contributed by atoms with Gasteiger partial charge in [0.2, 0.25) is 5.91 Å². The Balaban J connectivity index is 3.48. The fourth-order valence-corrected chi connectivity index (χ4v) is 3.15. The van der Waals surface area contributed by atoms with Crippen LogP contribution in [-0.2, 0) is 14.3 Å². The van der Waals surface area contributed by atoms with Crippen LogP contribution in [0, 0.1) is 0 Å². The van der Waals surface area contributed by atoms with Crippen molar-refractivity contribution in [1.29, 1.82) is 0 Å². The van der Waals surface area contributed by atoms with Crippen molar-refractivity contribution in [1.82, 2.24) is 5.32 Å². The van der Waals surface area contributed by atoms with Gasteiger partial charge in [-0.25, -0.2) is 4.79 Å². The molecule has 0 aromatic heterocycles. The van der Waals surface area contributed by atoms with Crippen LogP contribution in [0.4, 0.5) is 0 Å². The summed E-state index contributed by atoms with van der Waals surface area (Å²) in [5.41, 5.74) is 0. The third kappa shape index (κ3) is 18.1. The van der Waals surface area contributed by atoms with Crippen molar-refractivity contribution in [2.24, 2.45) is 0 Å². The maximum absolute atomic E-state index is 11.9. The first kappa shape index (κ1) is 25.9. The highest BCUT2D eigenvalue weighted by molar-refractivity contribution is 5.84. The van der Waals surface area contributed by atoms with Crippen LogP contribution in [0.25, 0.3) is 0 Å². The van der Waals surface area contributed by atoms with Gasteiger partial charge in [-0.1, -0.05) is 97.3 Å². The van der Waals surface area contributed by atoms with E-state index >= 15 is 0 Å². The maximum Gasteiger partial charge on any atom is 0.328 e. The second-order valence-corrected chi connectivity index (χ2v) is 7.80. The largest absolute Gasteiger partial charge is 0.464 e. The summed E-state index contributed by atoms with van der Waals surface area (Å²) < 4.78 is 5.28. The van der Waals surface area contributed by atoms with Gasteiger partial charge < -0.3 is 10.1 Å². The summed E-state index contributed by atoms with van der Waals surface area (Å²) in [6.45, 7) is 6.59. The van der Waals surface area contributed by atoms with Crippen LogP contribution in [0.1, 0.15) is 124 Å². The Morgan fingerprint density at radius 3 is 1.67 bits per heavy atom. The van der Waals surface area contributed by atoms with Crippen molar-refractivity contribution in [2.45, 2.75) is 130 Å². The van der Waals surface area contributed by atoms with Crippen LogP contribution in [0.15, 0.2) is 0 Å². The van der Waals surface area contributed by atoms with E-state index in [4.69, 9.17) is 4.74 Å². The molecule has 0 saturated heterocycles. The van der Waals surface area contributed by atoms with E-state index in [0.29, 0.717) is 13.0 Å². The third-order valence-corrected chi connectivity index (χ3v) is 4.98. The highest BCUT2D eigenvalue weighted by Gasteiger charge is 2.16. The van der Waals surface area contributed by atoms with Crippen LogP contribution in [0.2, 0.25) is 0 Å². The summed E-state index contributed by atoms with van der Waals surface area (Å²) in [4.78, 5) is 23.7. The Labute approximate surface area is 168 Å². The quantitative estimate of drug-likeness (QED) is 0.210. The lowest BCUT2D eigenvalue weighted by molar-refractivity contribution is -0.147. The van der Waals surface area contributed by atoms with Gasteiger partial charge in [-0.2, -0.15) is 0 Å². The van der Waals surface area contributed by atoms with Crippen molar-refractivity contribution in [2.75, 3.05) is 6.61 Å². The number of carbonyl (C=O) groups is 2. The number of unbranched alkanes of at least 4 members (excludes halogenated alkanes) is 13. The van der Waals surface area contributed by atoms with Crippen molar-refractivity contribution < 1.29 is 14.3 Å². The lowest BCUT2D eigenvalue weighted by Crippen LogP contribution is -2.39. The third-order valence-electron chi connectivity index (χ3n) is 4.98. The van der Waals surface area contributed by atoms with E-state index in [-0.39, 0.29) is 11.9 Å². The minimum absolute atomic E-state index is 0.0464. The van der Waals surface area contributed by atoms with Crippen molar-refractivity contribution in [3.63, 3.8) is 0 Å². The molecule has 0 radical (unpaired) electrons. The zero-order valence-electron chi connectivity index (χ0n) is 18.3. The topological polar surface area (TPSA) is 55.4 Å². The predicted molar refractivity (Wildman–Crippen MR) is 114 cm³/mol. The molecule has 0 rings (SSSR count). The molecule has 0 heterocycles. The Morgan fingerprint density at radius 2 is 1.15 bits per heavy atom. The molecular weight excluding hydrogens is 338 g/mol. The van der Waals surface area contributed by atoms with Crippen LogP contribution in [0.5, 0.6) is 0 Å². The molecule has 4 nitrogen and oxygen atoms in total. The molecule has 0 fully saturated rings. The van der Waals surface area contributed by atoms with Gasteiger partial charge in [-0.3, -0.25) is 4.79 Å². The van der Waals surface area contributed by atoms with E-state index in [0.717, 1.165) is 25.7 Å². The second-order valence-electron chi connectivity index (χ2n) is 7.80. The van der Waals surface area contributed by atoms with Gasteiger partial charge in [0.05, 0.1) is 6.61 Å². The fraction of sp³-hybridized carbons (Fsp3) is 0.913. The maximum atomic E-state index is 11.9. The summed E-state index contributed by atoms with van der Waals surface area (Å²) in [6.07, 6.45) is 18.7. The van der Waals surface area contributed by atoms with Crippen molar-refractivity contribution in [3.8, 4) is 0 Å². The van der Waals surface area contributed by atoms with E-state index in [9.17, 15) is 9.59 Å². The number of rotatable bonds is 19. The lowest BCUT2D eigenvalue weighted by atomic mass is 10.1. The Hall–Kier alpha value is -1.06. The number of hydrogen-bond donors (Lipinski definition) is 1. The smallest absolute Gasteiger partial charge is 0.328 e. The second kappa shape index (κ2) is 19.7. The Morgan fingerprint density at radius 1 is 0.704 bits per heavy atom. The number of ether oxygens (including phenoxy) is 1. The minimum atomic E-state index is -0.545. The lowest BCUT2D eigenvalue weighted by Gasteiger charge is -2.13. The highest BCUT2D eigenvalue weighted by atomic mass is 16.5. The number of esters is 1. The summed E-state index contributed by atoms with van der Waals surface area (Å²) in [5.74, 6) is -0.361. The van der Waals surface area contributed by atoms with Gasteiger partial charge >= 0.3 is 5.97 Å². The normalized spacial score (nSPS) is 12.0. The number of hydrogen-bond acceptors (Lipinski definition) is 3. The van der Waals surface area contributed by atoms with E-state index in [1.807, 2.05) is 0 Å².